The van der Waals surface area contributed by atoms with Gasteiger partial charge >= 0.3 is 5.97 Å². The molecule has 0 aliphatic carbocycles. The minimum absolute atomic E-state index is 0.158. The highest BCUT2D eigenvalue weighted by Crippen LogP contribution is 2.22. The van der Waals surface area contributed by atoms with Crippen LogP contribution in [-0.4, -0.2) is 15.7 Å². The molecule has 0 aliphatic rings. The Balaban J connectivity index is 2.15. The SMILES string of the molecule is Cc1nn(C)c(COC(=O)c2cccc(N)c2C)c1Br. The molecule has 5 nitrogen and oxygen atoms in total. The van der Waals surface area contributed by atoms with Crippen molar-refractivity contribution in [3.05, 3.63) is 45.2 Å². The molecule has 0 atom stereocenters. The zero-order valence-corrected chi connectivity index (χ0v) is 13.2. The van der Waals surface area contributed by atoms with Gasteiger partial charge in [0, 0.05) is 12.7 Å². The van der Waals surface area contributed by atoms with E-state index in [-0.39, 0.29) is 12.6 Å². The van der Waals surface area contributed by atoms with Gasteiger partial charge in [0.25, 0.3) is 0 Å². The van der Waals surface area contributed by atoms with E-state index in [1.165, 1.54) is 0 Å². The summed E-state index contributed by atoms with van der Waals surface area (Å²) in [7, 11) is 1.81. The average Bonchev–Trinajstić information content (AvgIpc) is 2.64. The second-order valence-corrected chi connectivity index (χ2v) is 5.36. The molecule has 2 aromatic rings. The summed E-state index contributed by atoms with van der Waals surface area (Å²) in [4.78, 5) is 12.1. The number of benzene rings is 1. The van der Waals surface area contributed by atoms with Crippen LogP contribution in [0.4, 0.5) is 5.69 Å². The van der Waals surface area contributed by atoms with Crippen LogP contribution in [0.25, 0.3) is 0 Å². The number of hydrogen-bond donors (Lipinski definition) is 1. The van der Waals surface area contributed by atoms with Crippen molar-refractivity contribution >= 4 is 27.6 Å². The molecule has 0 saturated carbocycles. The number of halogens is 1. The van der Waals surface area contributed by atoms with E-state index in [1.807, 2.05) is 14.0 Å². The zero-order valence-electron chi connectivity index (χ0n) is 11.6. The Bertz CT molecular complexity index is 665. The Morgan fingerprint density at radius 1 is 1.45 bits per heavy atom. The van der Waals surface area contributed by atoms with Crippen LogP contribution in [-0.2, 0) is 18.4 Å². The largest absolute Gasteiger partial charge is 0.456 e. The van der Waals surface area contributed by atoms with Gasteiger partial charge in [-0.15, -0.1) is 0 Å². The maximum absolute atomic E-state index is 12.1. The van der Waals surface area contributed by atoms with Crippen molar-refractivity contribution in [3.8, 4) is 0 Å². The fourth-order valence-corrected chi connectivity index (χ4v) is 2.37. The molecule has 1 aromatic carbocycles. The first-order valence-electron chi connectivity index (χ1n) is 6.12. The molecule has 2 rings (SSSR count). The highest BCUT2D eigenvalue weighted by molar-refractivity contribution is 9.10. The Labute approximate surface area is 125 Å². The Kier molecular flexibility index (Phi) is 4.13. The second kappa shape index (κ2) is 5.66. The third-order valence-corrected chi connectivity index (χ3v) is 4.23. The zero-order chi connectivity index (χ0) is 14.9. The smallest absolute Gasteiger partial charge is 0.338 e. The molecule has 6 heteroatoms. The van der Waals surface area contributed by atoms with Crippen molar-refractivity contribution in [2.75, 3.05) is 5.73 Å². The molecule has 0 bridgehead atoms. The molecular weight excluding hydrogens is 322 g/mol. The predicted molar refractivity (Wildman–Crippen MR) is 80.4 cm³/mol. The number of hydrogen-bond acceptors (Lipinski definition) is 4. The van der Waals surface area contributed by atoms with Gasteiger partial charge in [-0.2, -0.15) is 5.10 Å². The van der Waals surface area contributed by atoms with Crippen molar-refractivity contribution in [1.82, 2.24) is 9.78 Å². The van der Waals surface area contributed by atoms with Gasteiger partial charge in [-0.1, -0.05) is 6.07 Å². The quantitative estimate of drug-likeness (QED) is 0.690. The number of nitrogen functional groups attached to an aromatic ring is 1. The maximum Gasteiger partial charge on any atom is 0.338 e. The fraction of sp³-hybridized carbons (Fsp3) is 0.286. The van der Waals surface area contributed by atoms with Gasteiger partial charge in [-0.3, -0.25) is 4.68 Å². The van der Waals surface area contributed by atoms with Crippen LogP contribution >= 0.6 is 15.9 Å². The molecule has 0 amide bonds. The lowest BCUT2D eigenvalue weighted by Crippen LogP contribution is -2.10. The van der Waals surface area contributed by atoms with E-state index in [2.05, 4.69) is 21.0 Å². The van der Waals surface area contributed by atoms with E-state index < -0.39 is 0 Å². The number of ether oxygens (including phenoxy) is 1. The topological polar surface area (TPSA) is 70.1 Å². The first kappa shape index (κ1) is 14.6. The molecule has 1 heterocycles. The first-order valence-corrected chi connectivity index (χ1v) is 6.91. The number of aryl methyl sites for hydroxylation is 2. The van der Waals surface area contributed by atoms with Gasteiger partial charge in [-0.25, -0.2) is 4.79 Å². The van der Waals surface area contributed by atoms with Crippen molar-refractivity contribution in [2.45, 2.75) is 20.5 Å². The van der Waals surface area contributed by atoms with E-state index in [4.69, 9.17) is 10.5 Å². The molecule has 1 aromatic heterocycles. The number of rotatable bonds is 3. The third kappa shape index (κ3) is 2.70. The van der Waals surface area contributed by atoms with E-state index in [9.17, 15) is 4.79 Å². The third-order valence-electron chi connectivity index (χ3n) is 3.20. The minimum atomic E-state index is -0.388. The number of nitrogens with two attached hydrogens (primary N) is 1. The molecule has 0 radical (unpaired) electrons. The highest BCUT2D eigenvalue weighted by atomic mass is 79.9. The molecule has 0 spiro atoms. The number of esters is 1. The van der Waals surface area contributed by atoms with Crippen LogP contribution in [0.15, 0.2) is 22.7 Å². The lowest BCUT2D eigenvalue weighted by atomic mass is 10.1. The van der Waals surface area contributed by atoms with Crippen LogP contribution in [0, 0.1) is 13.8 Å². The van der Waals surface area contributed by atoms with Gasteiger partial charge in [-0.05, 0) is 47.5 Å². The molecule has 0 saturated heterocycles. The van der Waals surface area contributed by atoms with Crippen LogP contribution in [0.5, 0.6) is 0 Å². The van der Waals surface area contributed by atoms with Crippen LogP contribution in [0.2, 0.25) is 0 Å². The fourth-order valence-electron chi connectivity index (χ4n) is 1.92. The minimum Gasteiger partial charge on any atom is -0.456 e. The highest BCUT2D eigenvalue weighted by Gasteiger charge is 2.15. The van der Waals surface area contributed by atoms with Crippen LogP contribution < -0.4 is 5.73 Å². The van der Waals surface area contributed by atoms with Crippen LogP contribution in [0.3, 0.4) is 0 Å². The molecule has 20 heavy (non-hydrogen) atoms. The van der Waals surface area contributed by atoms with Gasteiger partial charge < -0.3 is 10.5 Å². The number of carbonyl (C=O) groups is 1. The summed E-state index contributed by atoms with van der Waals surface area (Å²) in [6.07, 6.45) is 0. The van der Waals surface area contributed by atoms with E-state index in [1.54, 1.807) is 29.8 Å². The lowest BCUT2D eigenvalue weighted by molar-refractivity contribution is 0.0462. The number of aromatic nitrogens is 2. The summed E-state index contributed by atoms with van der Waals surface area (Å²) in [5, 5.41) is 4.25. The predicted octanol–water partition coefficient (Wildman–Crippen LogP) is 2.74. The first-order chi connectivity index (χ1) is 9.41. The average molecular weight is 338 g/mol. The number of anilines is 1. The summed E-state index contributed by atoms with van der Waals surface area (Å²) in [5.41, 5.74) is 9.27. The molecule has 106 valence electrons. The Morgan fingerprint density at radius 2 is 2.15 bits per heavy atom. The summed E-state index contributed by atoms with van der Waals surface area (Å²) in [6, 6.07) is 5.20. The van der Waals surface area contributed by atoms with Crippen molar-refractivity contribution in [1.29, 1.82) is 0 Å². The van der Waals surface area contributed by atoms with Gasteiger partial charge in [0.15, 0.2) is 0 Å². The van der Waals surface area contributed by atoms with Crippen molar-refractivity contribution < 1.29 is 9.53 Å². The maximum atomic E-state index is 12.1. The second-order valence-electron chi connectivity index (χ2n) is 4.57. The molecule has 0 aliphatic heterocycles. The van der Waals surface area contributed by atoms with E-state index >= 15 is 0 Å². The molecule has 0 fully saturated rings. The van der Waals surface area contributed by atoms with Crippen molar-refractivity contribution in [3.63, 3.8) is 0 Å². The van der Waals surface area contributed by atoms with E-state index in [0.717, 1.165) is 21.4 Å². The Hall–Kier alpha value is -1.82. The Morgan fingerprint density at radius 3 is 2.75 bits per heavy atom. The number of carbonyl (C=O) groups excluding carboxylic acids is 1. The summed E-state index contributed by atoms with van der Waals surface area (Å²) >= 11 is 3.44. The van der Waals surface area contributed by atoms with Crippen molar-refractivity contribution in [2.24, 2.45) is 7.05 Å². The summed E-state index contributed by atoms with van der Waals surface area (Å²) in [6.45, 7) is 3.85. The lowest BCUT2D eigenvalue weighted by Gasteiger charge is -2.09. The normalized spacial score (nSPS) is 10.6. The van der Waals surface area contributed by atoms with Gasteiger partial charge in [0.05, 0.1) is 21.4 Å². The summed E-state index contributed by atoms with van der Waals surface area (Å²) in [5.74, 6) is -0.388. The number of nitrogens with zero attached hydrogens (tertiary/aromatic N) is 2. The molecule has 2 N–H and O–H groups in total. The molecular formula is C14H16BrN3O2. The van der Waals surface area contributed by atoms with Gasteiger partial charge in [0.2, 0.25) is 0 Å². The standard InChI is InChI=1S/C14H16BrN3O2/c1-8-10(5-4-6-11(8)16)14(19)20-7-12-13(15)9(2)17-18(12)3/h4-6H,7,16H2,1-3H3. The monoisotopic (exact) mass is 337 g/mol. The van der Waals surface area contributed by atoms with E-state index in [0.29, 0.717) is 11.3 Å². The van der Waals surface area contributed by atoms with Gasteiger partial charge in [0.1, 0.15) is 6.61 Å². The summed E-state index contributed by atoms with van der Waals surface area (Å²) < 4.78 is 7.89. The van der Waals surface area contributed by atoms with Crippen LogP contribution in [0.1, 0.15) is 27.3 Å². The molecule has 0 unspecified atom stereocenters.